The largest absolute Gasteiger partial charge is 0.484 e. The predicted molar refractivity (Wildman–Crippen MR) is 103 cm³/mol. The minimum atomic E-state index is -0.691. The van der Waals surface area contributed by atoms with E-state index in [1.165, 1.54) is 11.3 Å². The third kappa shape index (κ3) is 6.00. The molecular weight excluding hydrogens is 350 g/mol. The molecule has 2 rings (SSSR count). The van der Waals surface area contributed by atoms with E-state index in [-0.39, 0.29) is 24.3 Å². The van der Waals surface area contributed by atoms with Crippen molar-refractivity contribution in [1.29, 1.82) is 0 Å². The van der Waals surface area contributed by atoms with Crippen molar-refractivity contribution in [3.05, 3.63) is 52.2 Å². The zero-order valence-electron chi connectivity index (χ0n) is 15.1. The highest BCUT2D eigenvalue weighted by molar-refractivity contribution is 7.11. The van der Waals surface area contributed by atoms with Gasteiger partial charge in [-0.3, -0.25) is 9.59 Å². The maximum atomic E-state index is 12.3. The second-order valence-electron chi connectivity index (χ2n) is 6.09. The minimum absolute atomic E-state index is 0.0886. The van der Waals surface area contributed by atoms with Crippen LogP contribution in [0.15, 0.2) is 46.9 Å². The van der Waals surface area contributed by atoms with Crippen LogP contribution in [-0.4, -0.2) is 30.7 Å². The van der Waals surface area contributed by atoms with E-state index in [2.05, 4.69) is 15.8 Å². The number of nitrogens with zero attached hydrogens (tertiary/aromatic N) is 1. The summed E-state index contributed by atoms with van der Waals surface area (Å²) in [5.41, 5.74) is 3.42. The number of rotatable bonds is 8. The molecule has 1 heterocycles. The van der Waals surface area contributed by atoms with Gasteiger partial charge in [0, 0.05) is 4.88 Å². The van der Waals surface area contributed by atoms with Crippen LogP contribution in [0.1, 0.15) is 24.3 Å². The number of para-hydroxylation sites is 1. The van der Waals surface area contributed by atoms with Crippen LogP contribution >= 0.6 is 11.3 Å². The highest BCUT2D eigenvalue weighted by atomic mass is 32.1. The lowest BCUT2D eigenvalue weighted by Gasteiger charge is -2.20. The summed E-state index contributed by atoms with van der Waals surface area (Å²) in [5, 5.41) is 8.56. The van der Waals surface area contributed by atoms with Crippen LogP contribution in [0.25, 0.3) is 0 Å². The van der Waals surface area contributed by atoms with Crippen molar-refractivity contribution in [3.8, 4) is 5.75 Å². The summed E-state index contributed by atoms with van der Waals surface area (Å²) >= 11 is 1.52. The molecule has 0 radical (unpaired) electrons. The number of ether oxygens (including phenoxy) is 1. The Balaban J connectivity index is 1.87. The van der Waals surface area contributed by atoms with E-state index in [1.54, 1.807) is 12.3 Å². The standard InChI is InChI=1S/C19H23N3O3S/c1-13(2)18(19(24)22-20-11-15-8-6-10-26-15)21-17(23)12-25-16-9-5-4-7-14(16)3/h4-11,13,18H,12H2,1-3H3,(H,21,23)(H,22,24)/b20-11+. The van der Waals surface area contributed by atoms with Gasteiger partial charge in [-0.25, -0.2) is 5.43 Å². The molecule has 2 amide bonds. The van der Waals surface area contributed by atoms with E-state index in [0.717, 1.165) is 10.4 Å². The van der Waals surface area contributed by atoms with Crippen molar-refractivity contribution < 1.29 is 14.3 Å². The van der Waals surface area contributed by atoms with Crippen molar-refractivity contribution in [2.45, 2.75) is 26.8 Å². The van der Waals surface area contributed by atoms with Gasteiger partial charge in [0.25, 0.3) is 11.8 Å². The molecule has 26 heavy (non-hydrogen) atoms. The van der Waals surface area contributed by atoms with E-state index in [0.29, 0.717) is 5.75 Å². The van der Waals surface area contributed by atoms with Crippen LogP contribution in [0.3, 0.4) is 0 Å². The number of hydrazone groups is 1. The van der Waals surface area contributed by atoms with Gasteiger partial charge in [0.05, 0.1) is 6.21 Å². The molecule has 0 saturated carbocycles. The first-order chi connectivity index (χ1) is 12.5. The van der Waals surface area contributed by atoms with Gasteiger partial charge in [0.15, 0.2) is 6.61 Å². The second-order valence-corrected chi connectivity index (χ2v) is 7.07. The summed E-state index contributed by atoms with van der Waals surface area (Å²) in [6, 6.07) is 10.6. The summed E-state index contributed by atoms with van der Waals surface area (Å²) in [6.45, 7) is 5.47. The van der Waals surface area contributed by atoms with Crippen molar-refractivity contribution >= 4 is 29.4 Å². The molecule has 1 atom stereocenters. The molecule has 1 unspecified atom stereocenters. The molecule has 0 aliphatic rings. The van der Waals surface area contributed by atoms with Gasteiger partial charge in [-0.05, 0) is 35.9 Å². The Morgan fingerprint density at radius 1 is 1.23 bits per heavy atom. The number of hydrogen-bond donors (Lipinski definition) is 2. The van der Waals surface area contributed by atoms with E-state index in [9.17, 15) is 9.59 Å². The SMILES string of the molecule is Cc1ccccc1OCC(=O)NC(C(=O)N/N=C/c1cccs1)C(C)C. The van der Waals surface area contributed by atoms with Crippen molar-refractivity contribution in [3.63, 3.8) is 0 Å². The molecule has 2 aromatic rings. The fourth-order valence-electron chi connectivity index (χ4n) is 2.21. The molecule has 0 saturated heterocycles. The van der Waals surface area contributed by atoms with Gasteiger partial charge >= 0.3 is 0 Å². The summed E-state index contributed by atoms with van der Waals surface area (Å²) in [6.07, 6.45) is 1.57. The Bertz CT molecular complexity index is 757. The number of nitrogens with one attached hydrogen (secondary N) is 2. The Morgan fingerprint density at radius 2 is 2.00 bits per heavy atom. The predicted octanol–water partition coefficient (Wildman–Crippen LogP) is 2.73. The summed E-state index contributed by atoms with van der Waals surface area (Å²) in [5.74, 6) is -0.163. The normalized spacial score (nSPS) is 12.2. The van der Waals surface area contributed by atoms with E-state index >= 15 is 0 Å². The average molecular weight is 373 g/mol. The Morgan fingerprint density at radius 3 is 2.65 bits per heavy atom. The van der Waals surface area contributed by atoms with Gasteiger partial charge in [-0.1, -0.05) is 38.1 Å². The highest BCUT2D eigenvalue weighted by Gasteiger charge is 2.24. The third-order valence-electron chi connectivity index (χ3n) is 3.63. The molecule has 1 aromatic heterocycles. The molecule has 1 aromatic carbocycles. The molecule has 6 nitrogen and oxygen atoms in total. The summed E-state index contributed by atoms with van der Waals surface area (Å²) in [7, 11) is 0. The van der Waals surface area contributed by atoms with Crippen LogP contribution in [0.4, 0.5) is 0 Å². The summed E-state index contributed by atoms with van der Waals surface area (Å²) in [4.78, 5) is 25.4. The van der Waals surface area contributed by atoms with E-state index in [1.807, 2.05) is 56.5 Å². The average Bonchev–Trinajstić information content (AvgIpc) is 3.12. The van der Waals surface area contributed by atoms with Gasteiger partial charge < -0.3 is 10.1 Å². The number of carbonyl (C=O) groups is 2. The van der Waals surface area contributed by atoms with Crippen LogP contribution in [0, 0.1) is 12.8 Å². The Hall–Kier alpha value is -2.67. The first kappa shape index (κ1) is 19.7. The number of hydrogen-bond acceptors (Lipinski definition) is 5. The molecule has 0 fully saturated rings. The number of carbonyl (C=O) groups excluding carboxylic acids is 2. The van der Waals surface area contributed by atoms with Gasteiger partial charge in [0.1, 0.15) is 11.8 Å². The third-order valence-corrected chi connectivity index (χ3v) is 4.43. The van der Waals surface area contributed by atoms with E-state index < -0.39 is 6.04 Å². The molecule has 0 bridgehead atoms. The number of thiophene rings is 1. The van der Waals surface area contributed by atoms with Gasteiger partial charge in [-0.2, -0.15) is 5.10 Å². The maximum Gasteiger partial charge on any atom is 0.262 e. The number of benzene rings is 1. The number of aryl methyl sites for hydroxylation is 1. The lowest BCUT2D eigenvalue weighted by Crippen LogP contribution is -2.49. The highest BCUT2D eigenvalue weighted by Crippen LogP contribution is 2.15. The summed E-state index contributed by atoms with van der Waals surface area (Å²) < 4.78 is 5.52. The van der Waals surface area contributed by atoms with Crippen LogP contribution in [-0.2, 0) is 9.59 Å². The quantitative estimate of drug-likeness (QED) is 0.551. The lowest BCUT2D eigenvalue weighted by atomic mass is 10.0. The molecule has 7 heteroatoms. The molecular formula is C19H23N3O3S. The Labute approximate surface area is 157 Å². The first-order valence-corrected chi connectivity index (χ1v) is 9.19. The van der Waals surface area contributed by atoms with Crippen molar-refractivity contribution in [2.75, 3.05) is 6.61 Å². The molecule has 2 N–H and O–H groups in total. The molecule has 0 spiro atoms. The van der Waals surface area contributed by atoms with Crippen molar-refractivity contribution in [2.24, 2.45) is 11.0 Å². The second kappa shape index (κ2) is 9.72. The zero-order chi connectivity index (χ0) is 18.9. The Kier molecular flexibility index (Phi) is 7.35. The fourth-order valence-corrected chi connectivity index (χ4v) is 2.79. The molecule has 0 aliphatic carbocycles. The van der Waals surface area contributed by atoms with Crippen LogP contribution in [0.2, 0.25) is 0 Å². The maximum absolute atomic E-state index is 12.3. The first-order valence-electron chi connectivity index (χ1n) is 8.31. The monoisotopic (exact) mass is 373 g/mol. The van der Waals surface area contributed by atoms with Crippen molar-refractivity contribution in [1.82, 2.24) is 10.7 Å². The minimum Gasteiger partial charge on any atom is -0.484 e. The fraction of sp³-hybridized carbons (Fsp3) is 0.316. The van der Waals surface area contributed by atoms with Gasteiger partial charge in [0.2, 0.25) is 0 Å². The topological polar surface area (TPSA) is 79.8 Å². The molecule has 138 valence electrons. The van der Waals surface area contributed by atoms with Crippen LogP contribution < -0.4 is 15.5 Å². The smallest absolute Gasteiger partial charge is 0.262 e. The zero-order valence-corrected chi connectivity index (χ0v) is 15.9. The van der Waals surface area contributed by atoms with Gasteiger partial charge in [-0.15, -0.1) is 11.3 Å². The molecule has 0 aliphatic heterocycles. The van der Waals surface area contributed by atoms with E-state index in [4.69, 9.17) is 4.74 Å². The van der Waals surface area contributed by atoms with Crippen LogP contribution in [0.5, 0.6) is 5.75 Å². The lowest BCUT2D eigenvalue weighted by molar-refractivity contribution is -0.131. The number of amides is 2.